The summed E-state index contributed by atoms with van der Waals surface area (Å²) in [6.45, 7) is 4.22. The predicted molar refractivity (Wildman–Crippen MR) is 86.6 cm³/mol. The summed E-state index contributed by atoms with van der Waals surface area (Å²) in [6, 6.07) is 9.35. The Morgan fingerprint density at radius 3 is 2.62 bits per heavy atom. The number of halogens is 1. The summed E-state index contributed by atoms with van der Waals surface area (Å²) in [6.07, 6.45) is 3.25. The first kappa shape index (κ1) is 15.5. The van der Waals surface area contributed by atoms with E-state index in [0.29, 0.717) is 17.4 Å². The molecule has 0 aliphatic carbocycles. The highest BCUT2D eigenvalue weighted by Crippen LogP contribution is 2.28. The van der Waals surface area contributed by atoms with Gasteiger partial charge in [-0.25, -0.2) is 0 Å². The lowest BCUT2D eigenvalue weighted by atomic mass is 10.0. The van der Waals surface area contributed by atoms with E-state index in [1.54, 1.807) is 24.5 Å². The van der Waals surface area contributed by atoms with Gasteiger partial charge in [-0.3, -0.25) is 9.78 Å². The second-order valence-corrected chi connectivity index (χ2v) is 5.77. The van der Waals surface area contributed by atoms with Crippen LogP contribution in [0.15, 0.2) is 47.2 Å². The van der Waals surface area contributed by atoms with Crippen LogP contribution >= 0.6 is 15.9 Å². The number of benzene rings is 1. The number of rotatable bonds is 5. The number of anilines is 1. The van der Waals surface area contributed by atoms with Crippen molar-refractivity contribution in [2.45, 2.75) is 19.8 Å². The van der Waals surface area contributed by atoms with Gasteiger partial charge in [0.25, 0.3) is 5.91 Å². The molecule has 1 aromatic heterocycles. The van der Waals surface area contributed by atoms with Crippen molar-refractivity contribution < 1.29 is 9.53 Å². The molecule has 110 valence electrons. The van der Waals surface area contributed by atoms with E-state index in [1.807, 2.05) is 18.2 Å². The smallest absolute Gasteiger partial charge is 0.262 e. The normalized spacial score (nSPS) is 10.5. The van der Waals surface area contributed by atoms with E-state index in [-0.39, 0.29) is 12.5 Å². The Morgan fingerprint density at radius 2 is 2.00 bits per heavy atom. The molecule has 0 saturated carbocycles. The quantitative estimate of drug-likeness (QED) is 0.888. The summed E-state index contributed by atoms with van der Waals surface area (Å²) >= 11 is 3.47. The molecular weight excluding hydrogens is 332 g/mol. The van der Waals surface area contributed by atoms with Gasteiger partial charge in [-0.05, 0) is 51.7 Å². The maximum Gasteiger partial charge on any atom is 0.262 e. The molecule has 0 fully saturated rings. The number of hydrogen-bond donors (Lipinski definition) is 1. The van der Waals surface area contributed by atoms with E-state index in [4.69, 9.17) is 4.74 Å². The van der Waals surface area contributed by atoms with E-state index in [1.165, 1.54) is 5.56 Å². The molecule has 0 unspecified atom stereocenters. The fraction of sp³-hybridized carbons (Fsp3) is 0.250. The SMILES string of the molecule is CC(C)c1ccc(OCC(=O)Nc2ccncc2)c(Br)c1. The molecule has 0 spiro atoms. The Morgan fingerprint density at radius 1 is 1.29 bits per heavy atom. The lowest BCUT2D eigenvalue weighted by molar-refractivity contribution is -0.118. The summed E-state index contributed by atoms with van der Waals surface area (Å²) in [5.74, 6) is 0.899. The Kier molecular flexibility index (Phi) is 5.33. The average molecular weight is 349 g/mol. The van der Waals surface area contributed by atoms with Gasteiger partial charge in [-0.2, -0.15) is 0 Å². The van der Waals surface area contributed by atoms with Crippen LogP contribution in [0.25, 0.3) is 0 Å². The zero-order valence-electron chi connectivity index (χ0n) is 12.0. The third-order valence-electron chi connectivity index (χ3n) is 2.95. The molecule has 1 heterocycles. The maximum absolute atomic E-state index is 11.8. The lowest BCUT2D eigenvalue weighted by Crippen LogP contribution is -2.20. The second kappa shape index (κ2) is 7.22. The number of aromatic nitrogens is 1. The number of nitrogens with zero attached hydrogens (tertiary/aromatic N) is 1. The van der Waals surface area contributed by atoms with Crippen LogP contribution < -0.4 is 10.1 Å². The molecule has 0 saturated heterocycles. The first-order chi connectivity index (χ1) is 10.1. The van der Waals surface area contributed by atoms with Crippen LogP contribution in [0, 0.1) is 0 Å². The van der Waals surface area contributed by atoms with Gasteiger partial charge < -0.3 is 10.1 Å². The molecular formula is C16H17BrN2O2. The summed E-state index contributed by atoms with van der Waals surface area (Å²) < 4.78 is 6.38. The fourth-order valence-corrected chi connectivity index (χ4v) is 2.28. The molecule has 2 rings (SSSR count). The number of carbonyl (C=O) groups excluding carboxylic acids is 1. The van der Waals surface area contributed by atoms with Crippen molar-refractivity contribution >= 4 is 27.5 Å². The molecule has 4 nitrogen and oxygen atoms in total. The highest BCUT2D eigenvalue weighted by atomic mass is 79.9. The largest absolute Gasteiger partial charge is 0.483 e. The first-order valence-corrected chi connectivity index (χ1v) is 7.47. The molecule has 5 heteroatoms. The molecule has 1 N–H and O–H groups in total. The minimum absolute atomic E-state index is 0.0397. The van der Waals surface area contributed by atoms with Crippen LogP contribution in [0.3, 0.4) is 0 Å². The van der Waals surface area contributed by atoms with Crippen molar-refractivity contribution in [2.24, 2.45) is 0 Å². The second-order valence-electron chi connectivity index (χ2n) is 4.92. The van der Waals surface area contributed by atoms with E-state index in [2.05, 4.69) is 40.1 Å². The molecule has 1 aromatic carbocycles. The third kappa shape index (κ3) is 4.56. The number of pyridine rings is 1. The number of carbonyl (C=O) groups is 1. The Hall–Kier alpha value is -1.88. The van der Waals surface area contributed by atoms with E-state index >= 15 is 0 Å². The monoisotopic (exact) mass is 348 g/mol. The average Bonchev–Trinajstić information content (AvgIpc) is 2.47. The van der Waals surface area contributed by atoms with Crippen LogP contribution in [-0.2, 0) is 4.79 Å². The van der Waals surface area contributed by atoms with Crippen molar-refractivity contribution in [3.05, 3.63) is 52.8 Å². The van der Waals surface area contributed by atoms with Crippen molar-refractivity contribution in [3.63, 3.8) is 0 Å². The van der Waals surface area contributed by atoms with Crippen LogP contribution in [0.1, 0.15) is 25.3 Å². The van der Waals surface area contributed by atoms with Crippen molar-refractivity contribution in [2.75, 3.05) is 11.9 Å². The van der Waals surface area contributed by atoms with Gasteiger partial charge in [0.1, 0.15) is 5.75 Å². The predicted octanol–water partition coefficient (Wildman–Crippen LogP) is 3.99. The third-order valence-corrected chi connectivity index (χ3v) is 3.57. The highest BCUT2D eigenvalue weighted by molar-refractivity contribution is 9.10. The summed E-state index contributed by atoms with van der Waals surface area (Å²) in [5.41, 5.74) is 1.92. The van der Waals surface area contributed by atoms with Crippen molar-refractivity contribution in [3.8, 4) is 5.75 Å². The van der Waals surface area contributed by atoms with Crippen LogP contribution in [0.2, 0.25) is 0 Å². The van der Waals surface area contributed by atoms with Crippen LogP contribution in [0.4, 0.5) is 5.69 Å². The number of hydrogen-bond acceptors (Lipinski definition) is 3. The number of ether oxygens (including phenoxy) is 1. The molecule has 0 aliphatic rings. The molecule has 0 bridgehead atoms. The summed E-state index contributed by atoms with van der Waals surface area (Å²) in [5, 5.41) is 2.74. The van der Waals surface area contributed by atoms with E-state index in [9.17, 15) is 4.79 Å². The Bertz CT molecular complexity index is 615. The highest BCUT2D eigenvalue weighted by Gasteiger charge is 2.08. The standard InChI is InChI=1S/C16H17BrN2O2/c1-11(2)12-3-4-15(14(17)9-12)21-10-16(20)19-13-5-7-18-8-6-13/h3-9,11H,10H2,1-2H3,(H,18,19,20). The minimum atomic E-state index is -0.207. The zero-order chi connectivity index (χ0) is 15.2. The molecule has 0 atom stereocenters. The molecule has 0 radical (unpaired) electrons. The van der Waals surface area contributed by atoms with Crippen molar-refractivity contribution in [1.29, 1.82) is 0 Å². The van der Waals surface area contributed by atoms with Gasteiger partial charge in [0.15, 0.2) is 6.61 Å². The van der Waals surface area contributed by atoms with Gasteiger partial charge in [-0.15, -0.1) is 0 Å². The first-order valence-electron chi connectivity index (χ1n) is 6.68. The van der Waals surface area contributed by atoms with Gasteiger partial charge in [0.05, 0.1) is 4.47 Å². The van der Waals surface area contributed by atoms with Gasteiger partial charge in [-0.1, -0.05) is 19.9 Å². The van der Waals surface area contributed by atoms with Crippen LogP contribution in [0.5, 0.6) is 5.75 Å². The summed E-state index contributed by atoms with van der Waals surface area (Å²) in [7, 11) is 0. The van der Waals surface area contributed by atoms with Gasteiger partial charge in [0, 0.05) is 18.1 Å². The minimum Gasteiger partial charge on any atom is -0.483 e. The number of nitrogens with one attached hydrogen (secondary N) is 1. The topological polar surface area (TPSA) is 51.2 Å². The van der Waals surface area contributed by atoms with E-state index in [0.717, 1.165) is 4.47 Å². The van der Waals surface area contributed by atoms with Gasteiger partial charge >= 0.3 is 0 Å². The van der Waals surface area contributed by atoms with Crippen molar-refractivity contribution in [1.82, 2.24) is 4.98 Å². The lowest BCUT2D eigenvalue weighted by Gasteiger charge is -2.11. The molecule has 1 amide bonds. The number of amides is 1. The van der Waals surface area contributed by atoms with Gasteiger partial charge in [0.2, 0.25) is 0 Å². The fourth-order valence-electron chi connectivity index (χ4n) is 1.77. The summed E-state index contributed by atoms with van der Waals surface area (Å²) in [4.78, 5) is 15.7. The maximum atomic E-state index is 11.8. The zero-order valence-corrected chi connectivity index (χ0v) is 13.6. The van der Waals surface area contributed by atoms with E-state index < -0.39 is 0 Å². The van der Waals surface area contributed by atoms with Crippen LogP contribution in [-0.4, -0.2) is 17.5 Å². The molecule has 0 aliphatic heterocycles. The molecule has 2 aromatic rings. The Labute approximate surface area is 132 Å². The Balaban J connectivity index is 1.92. The molecule has 21 heavy (non-hydrogen) atoms.